The standard InChI is InChI=1S/C18H17FOS/c19-15-10-9-14-11-18(21-17(14)12-15)16(20)8-4-7-13-5-2-1-3-6-13/h1-3,5-6,9-12,16,20H,4,7-8H2. The summed E-state index contributed by atoms with van der Waals surface area (Å²) >= 11 is 1.48. The Balaban J connectivity index is 1.62. The Kier molecular flexibility index (Phi) is 4.32. The van der Waals surface area contributed by atoms with Crippen LogP contribution in [0.4, 0.5) is 4.39 Å². The molecule has 1 aromatic heterocycles. The maximum atomic E-state index is 13.2. The molecule has 108 valence electrons. The molecule has 0 saturated carbocycles. The van der Waals surface area contributed by atoms with Crippen molar-refractivity contribution in [1.29, 1.82) is 0 Å². The van der Waals surface area contributed by atoms with Gasteiger partial charge >= 0.3 is 0 Å². The van der Waals surface area contributed by atoms with Gasteiger partial charge in [0.05, 0.1) is 6.10 Å². The van der Waals surface area contributed by atoms with Crippen LogP contribution in [-0.4, -0.2) is 5.11 Å². The van der Waals surface area contributed by atoms with E-state index in [2.05, 4.69) is 12.1 Å². The SMILES string of the molecule is OC(CCCc1ccccc1)c1cc2ccc(F)cc2s1. The van der Waals surface area contributed by atoms with Crippen LogP contribution in [0.15, 0.2) is 54.6 Å². The van der Waals surface area contributed by atoms with Crippen LogP contribution < -0.4 is 0 Å². The highest BCUT2D eigenvalue weighted by Gasteiger charge is 2.11. The summed E-state index contributed by atoms with van der Waals surface area (Å²) < 4.78 is 14.1. The molecule has 0 saturated heterocycles. The minimum Gasteiger partial charge on any atom is -0.388 e. The van der Waals surface area contributed by atoms with Gasteiger partial charge < -0.3 is 5.11 Å². The first-order chi connectivity index (χ1) is 10.2. The zero-order chi connectivity index (χ0) is 14.7. The van der Waals surface area contributed by atoms with Crippen molar-refractivity contribution in [2.24, 2.45) is 0 Å². The average molecular weight is 300 g/mol. The third-order valence-corrected chi connectivity index (χ3v) is 4.81. The predicted molar refractivity (Wildman–Crippen MR) is 86.1 cm³/mol. The van der Waals surface area contributed by atoms with Gasteiger partial charge in [-0.25, -0.2) is 4.39 Å². The van der Waals surface area contributed by atoms with Crippen LogP contribution in [0.3, 0.4) is 0 Å². The Hall–Kier alpha value is -1.71. The van der Waals surface area contributed by atoms with Crippen LogP contribution >= 0.6 is 11.3 Å². The molecule has 0 spiro atoms. The molecule has 0 aliphatic carbocycles. The van der Waals surface area contributed by atoms with E-state index in [9.17, 15) is 9.50 Å². The van der Waals surface area contributed by atoms with Crippen molar-refractivity contribution < 1.29 is 9.50 Å². The highest BCUT2D eigenvalue weighted by molar-refractivity contribution is 7.19. The first kappa shape index (κ1) is 14.2. The van der Waals surface area contributed by atoms with Gasteiger partial charge in [-0.15, -0.1) is 11.3 Å². The summed E-state index contributed by atoms with van der Waals surface area (Å²) in [6, 6.07) is 17.0. The molecule has 0 amide bonds. The van der Waals surface area contributed by atoms with E-state index in [4.69, 9.17) is 0 Å². The first-order valence-electron chi connectivity index (χ1n) is 7.13. The molecular weight excluding hydrogens is 283 g/mol. The van der Waals surface area contributed by atoms with Crippen molar-refractivity contribution in [2.75, 3.05) is 0 Å². The molecule has 1 nitrogen and oxygen atoms in total. The van der Waals surface area contributed by atoms with E-state index in [0.717, 1.165) is 34.2 Å². The molecular formula is C18H17FOS. The summed E-state index contributed by atoms with van der Waals surface area (Å²) in [5, 5.41) is 11.3. The highest BCUT2D eigenvalue weighted by Crippen LogP contribution is 2.32. The Morgan fingerprint density at radius 2 is 1.86 bits per heavy atom. The van der Waals surface area contributed by atoms with Gasteiger partial charge in [0.1, 0.15) is 5.82 Å². The van der Waals surface area contributed by atoms with Gasteiger partial charge in [0.25, 0.3) is 0 Å². The fourth-order valence-corrected chi connectivity index (χ4v) is 3.59. The summed E-state index contributed by atoms with van der Waals surface area (Å²) in [4.78, 5) is 0.920. The molecule has 0 bridgehead atoms. The van der Waals surface area contributed by atoms with Crippen LogP contribution in [0, 0.1) is 5.82 Å². The second kappa shape index (κ2) is 6.37. The lowest BCUT2D eigenvalue weighted by Gasteiger charge is -2.08. The molecule has 0 aliphatic rings. The van der Waals surface area contributed by atoms with Crippen molar-refractivity contribution >= 4 is 21.4 Å². The highest BCUT2D eigenvalue weighted by atomic mass is 32.1. The monoisotopic (exact) mass is 300 g/mol. The van der Waals surface area contributed by atoms with Gasteiger partial charge in [0.2, 0.25) is 0 Å². The maximum absolute atomic E-state index is 13.2. The number of aliphatic hydroxyl groups is 1. The lowest BCUT2D eigenvalue weighted by Crippen LogP contribution is -1.95. The van der Waals surface area contributed by atoms with Crippen LogP contribution in [0.1, 0.15) is 29.4 Å². The number of aliphatic hydroxyl groups excluding tert-OH is 1. The number of rotatable bonds is 5. The van der Waals surface area contributed by atoms with E-state index >= 15 is 0 Å². The summed E-state index contributed by atoms with van der Waals surface area (Å²) in [5.41, 5.74) is 1.29. The van der Waals surface area contributed by atoms with Gasteiger partial charge in [0.15, 0.2) is 0 Å². The van der Waals surface area contributed by atoms with Gasteiger partial charge in [-0.05, 0) is 48.4 Å². The first-order valence-corrected chi connectivity index (χ1v) is 7.95. The number of aryl methyl sites for hydroxylation is 1. The molecule has 1 N–H and O–H groups in total. The fourth-order valence-electron chi connectivity index (χ4n) is 2.48. The van der Waals surface area contributed by atoms with Crippen LogP contribution in [0.2, 0.25) is 0 Å². The van der Waals surface area contributed by atoms with E-state index < -0.39 is 6.10 Å². The Morgan fingerprint density at radius 3 is 2.67 bits per heavy atom. The van der Waals surface area contributed by atoms with Crippen molar-refractivity contribution in [2.45, 2.75) is 25.4 Å². The molecule has 3 rings (SSSR count). The van der Waals surface area contributed by atoms with Crippen molar-refractivity contribution in [3.8, 4) is 0 Å². The third kappa shape index (κ3) is 3.49. The quantitative estimate of drug-likeness (QED) is 0.695. The largest absolute Gasteiger partial charge is 0.388 e. The summed E-state index contributed by atoms with van der Waals surface area (Å²) in [7, 11) is 0. The number of halogens is 1. The Morgan fingerprint density at radius 1 is 1.05 bits per heavy atom. The van der Waals surface area contributed by atoms with Crippen molar-refractivity contribution in [3.05, 3.63) is 70.9 Å². The molecule has 2 aromatic carbocycles. The number of thiophene rings is 1. The summed E-state index contributed by atoms with van der Waals surface area (Å²) in [6.07, 6.45) is 2.17. The molecule has 21 heavy (non-hydrogen) atoms. The zero-order valence-corrected chi connectivity index (χ0v) is 12.4. The average Bonchev–Trinajstić information content (AvgIpc) is 2.91. The molecule has 1 heterocycles. The summed E-state index contributed by atoms with van der Waals surface area (Å²) in [5.74, 6) is -0.227. The van der Waals surface area contributed by atoms with Gasteiger partial charge in [-0.1, -0.05) is 36.4 Å². The predicted octanol–water partition coefficient (Wildman–Crippen LogP) is 5.10. The van der Waals surface area contributed by atoms with Gasteiger partial charge in [-0.3, -0.25) is 0 Å². The fraction of sp³-hybridized carbons (Fsp3) is 0.222. The number of hydrogen-bond donors (Lipinski definition) is 1. The number of hydrogen-bond acceptors (Lipinski definition) is 2. The smallest absolute Gasteiger partial charge is 0.124 e. The number of fused-ring (bicyclic) bond motifs is 1. The lowest BCUT2D eigenvalue weighted by atomic mass is 10.1. The minimum atomic E-state index is -0.464. The Labute approximate surface area is 127 Å². The molecule has 3 heteroatoms. The van der Waals surface area contributed by atoms with E-state index in [-0.39, 0.29) is 5.82 Å². The molecule has 0 fully saturated rings. The Bertz CT molecular complexity index is 720. The molecule has 0 aliphatic heterocycles. The van der Waals surface area contributed by atoms with E-state index in [1.807, 2.05) is 24.3 Å². The summed E-state index contributed by atoms with van der Waals surface area (Å²) in [6.45, 7) is 0. The topological polar surface area (TPSA) is 20.2 Å². The van der Waals surface area contributed by atoms with Gasteiger partial charge in [-0.2, -0.15) is 0 Å². The van der Waals surface area contributed by atoms with Crippen LogP contribution in [-0.2, 0) is 6.42 Å². The molecule has 1 atom stereocenters. The minimum absolute atomic E-state index is 0.227. The molecule has 0 radical (unpaired) electrons. The van der Waals surface area contributed by atoms with Crippen LogP contribution in [0.5, 0.6) is 0 Å². The van der Waals surface area contributed by atoms with E-state index in [1.165, 1.54) is 29.0 Å². The molecule has 1 unspecified atom stereocenters. The van der Waals surface area contributed by atoms with Crippen molar-refractivity contribution in [1.82, 2.24) is 0 Å². The second-order valence-corrected chi connectivity index (χ2v) is 6.34. The second-order valence-electron chi connectivity index (χ2n) is 5.22. The normalized spacial score (nSPS) is 12.7. The number of benzene rings is 2. The maximum Gasteiger partial charge on any atom is 0.124 e. The van der Waals surface area contributed by atoms with Gasteiger partial charge in [0, 0.05) is 9.58 Å². The van der Waals surface area contributed by atoms with Crippen molar-refractivity contribution in [3.63, 3.8) is 0 Å². The zero-order valence-electron chi connectivity index (χ0n) is 11.6. The third-order valence-electron chi connectivity index (χ3n) is 3.62. The lowest BCUT2D eigenvalue weighted by molar-refractivity contribution is 0.168. The van der Waals surface area contributed by atoms with E-state index in [1.54, 1.807) is 6.07 Å². The van der Waals surface area contributed by atoms with Crippen LogP contribution in [0.25, 0.3) is 10.1 Å². The molecule has 3 aromatic rings. The van der Waals surface area contributed by atoms with E-state index in [0.29, 0.717) is 0 Å².